The summed E-state index contributed by atoms with van der Waals surface area (Å²) < 4.78 is 16.9. The van der Waals surface area contributed by atoms with Gasteiger partial charge in [-0.25, -0.2) is 0 Å². The standard InChI is InChI=1S/C77H132O6/c1-4-7-10-13-16-19-22-25-28-30-32-34-36-38-39-40-42-43-45-47-49-52-55-58-61-64-67-70-76(79)82-73-74(72-81-75(78)69-66-63-60-57-54-51-27-24-21-18-15-12-9-6-3)83-77(80)71-68-65-62-59-56-53-50-48-46-44-41-37-35-33-31-29-26-23-20-17-14-11-8-5-2/h7,10,16,19,24-25,27-28,32,34,38-39,42-43,47,49,55,58,74H,4-6,8-9,11-15,17-18,20-23,26,29-31,33,35-37,40-41,44-46,48,50-54,56-57,59-73H2,1-3H3/b10-7-,19-16-,27-24-,28-25-,34-32-,39-38-,43-42-,49-47-,58-55-. The quantitative estimate of drug-likeness (QED) is 0.0261. The van der Waals surface area contributed by atoms with Crippen LogP contribution in [0.1, 0.15) is 342 Å². The van der Waals surface area contributed by atoms with Crippen LogP contribution < -0.4 is 0 Å². The second kappa shape index (κ2) is 70.6. The van der Waals surface area contributed by atoms with E-state index in [0.29, 0.717) is 19.3 Å². The average Bonchev–Trinajstić information content (AvgIpc) is 3.50. The molecule has 0 spiro atoms. The Kier molecular flexibility index (Phi) is 67.2. The van der Waals surface area contributed by atoms with Crippen molar-refractivity contribution in [2.75, 3.05) is 13.2 Å². The van der Waals surface area contributed by atoms with Gasteiger partial charge in [-0.3, -0.25) is 14.4 Å². The summed E-state index contributed by atoms with van der Waals surface area (Å²) in [4.78, 5) is 38.4. The highest BCUT2D eigenvalue weighted by Crippen LogP contribution is 2.17. The van der Waals surface area contributed by atoms with E-state index in [0.717, 1.165) is 116 Å². The van der Waals surface area contributed by atoms with E-state index in [2.05, 4.69) is 130 Å². The molecule has 0 radical (unpaired) electrons. The van der Waals surface area contributed by atoms with Gasteiger partial charge in [0.25, 0.3) is 0 Å². The molecule has 0 saturated heterocycles. The molecule has 1 unspecified atom stereocenters. The first-order chi connectivity index (χ1) is 41.0. The van der Waals surface area contributed by atoms with Crippen molar-refractivity contribution < 1.29 is 28.6 Å². The van der Waals surface area contributed by atoms with Gasteiger partial charge in [-0.05, 0) is 109 Å². The second-order valence-electron chi connectivity index (χ2n) is 23.4. The van der Waals surface area contributed by atoms with Gasteiger partial charge in [0.1, 0.15) is 13.2 Å². The zero-order chi connectivity index (χ0) is 59.9. The van der Waals surface area contributed by atoms with Crippen LogP contribution in [0.5, 0.6) is 0 Å². The van der Waals surface area contributed by atoms with E-state index < -0.39 is 6.10 Å². The van der Waals surface area contributed by atoms with Crippen LogP contribution >= 0.6 is 0 Å². The molecule has 0 saturated carbocycles. The van der Waals surface area contributed by atoms with Gasteiger partial charge in [0.2, 0.25) is 0 Å². The van der Waals surface area contributed by atoms with Gasteiger partial charge < -0.3 is 14.2 Å². The number of allylic oxidation sites excluding steroid dienone is 18. The van der Waals surface area contributed by atoms with Crippen LogP contribution in [0, 0.1) is 0 Å². The van der Waals surface area contributed by atoms with Crippen LogP contribution in [0.15, 0.2) is 109 Å². The summed E-state index contributed by atoms with van der Waals surface area (Å²) in [6.45, 7) is 6.52. The number of esters is 3. The van der Waals surface area contributed by atoms with Crippen LogP contribution in [0.4, 0.5) is 0 Å². The number of ether oxygens (including phenoxy) is 3. The van der Waals surface area contributed by atoms with Crippen molar-refractivity contribution in [1.29, 1.82) is 0 Å². The predicted octanol–water partition coefficient (Wildman–Crippen LogP) is 24.6. The van der Waals surface area contributed by atoms with E-state index in [-0.39, 0.29) is 31.1 Å². The number of carbonyl (C=O) groups excluding carboxylic acids is 3. The molecule has 6 nitrogen and oxygen atoms in total. The van der Waals surface area contributed by atoms with Crippen LogP contribution in [0.2, 0.25) is 0 Å². The van der Waals surface area contributed by atoms with E-state index in [1.54, 1.807) is 0 Å². The highest BCUT2D eigenvalue weighted by atomic mass is 16.6. The predicted molar refractivity (Wildman–Crippen MR) is 362 cm³/mol. The Labute approximate surface area is 514 Å². The Morgan fingerprint density at radius 2 is 0.470 bits per heavy atom. The number of rotatable bonds is 64. The molecule has 0 aliphatic rings. The Morgan fingerprint density at radius 1 is 0.253 bits per heavy atom. The molecule has 0 bridgehead atoms. The van der Waals surface area contributed by atoms with Crippen molar-refractivity contribution in [3.63, 3.8) is 0 Å². The minimum atomic E-state index is -0.801. The summed E-state index contributed by atoms with van der Waals surface area (Å²) in [7, 11) is 0. The highest BCUT2D eigenvalue weighted by Gasteiger charge is 2.19. The van der Waals surface area contributed by atoms with Crippen LogP contribution in [0.25, 0.3) is 0 Å². The topological polar surface area (TPSA) is 78.9 Å². The van der Waals surface area contributed by atoms with Crippen molar-refractivity contribution >= 4 is 17.9 Å². The summed E-state index contributed by atoms with van der Waals surface area (Å²) in [5, 5.41) is 0. The molecule has 83 heavy (non-hydrogen) atoms. The van der Waals surface area contributed by atoms with E-state index in [1.807, 2.05) is 0 Å². The third kappa shape index (κ3) is 68.7. The molecule has 0 fully saturated rings. The van der Waals surface area contributed by atoms with Gasteiger partial charge in [-0.2, -0.15) is 0 Å². The molecule has 1 atom stereocenters. The van der Waals surface area contributed by atoms with E-state index >= 15 is 0 Å². The zero-order valence-corrected chi connectivity index (χ0v) is 54.7. The normalized spacial score (nSPS) is 12.8. The molecule has 476 valence electrons. The number of carbonyl (C=O) groups is 3. The molecule has 6 heteroatoms. The Morgan fingerprint density at radius 3 is 0.771 bits per heavy atom. The molecule has 0 aromatic carbocycles. The number of hydrogen-bond donors (Lipinski definition) is 0. The zero-order valence-electron chi connectivity index (χ0n) is 54.7. The summed E-state index contributed by atoms with van der Waals surface area (Å²) in [6, 6.07) is 0. The number of hydrogen-bond acceptors (Lipinski definition) is 6. The molecule has 0 aliphatic heterocycles. The van der Waals surface area contributed by atoms with E-state index in [4.69, 9.17) is 14.2 Å². The van der Waals surface area contributed by atoms with Gasteiger partial charge in [0.05, 0.1) is 0 Å². The van der Waals surface area contributed by atoms with E-state index in [9.17, 15) is 14.4 Å². The fourth-order valence-electron chi connectivity index (χ4n) is 9.99. The van der Waals surface area contributed by atoms with Gasteiger partial charge in [-0.1, -0.05) is 323 Å². The lowest BCUT2D eigenvalue weighted by molar-refractivity contribution is -0.167. The van der Waals surface area contributed by atoms with Crippen molar-refractivity contribution in [3.05, 3.63) is 109 Å². The average molecular weight is 1150 g/mol. The first-order valence-electron chi connectivity index (χ1n) is 35.4. The lowest BCUT2D eigenvalue weighted by Crippen LogP contribution is -2.30. The third-order valence-electron chi connectivity index (χ3n) is 15.3. The molecule has 0 aliphatic carbocycles. The maximum Gasteiger partial charge on any atom is 0.306 e. The molecular formula is C77H132O6. The van der Waals surface area contributed by atoms with Gasteiger partial charge in [0.15, 0.2) is 6.10 Å². The number of unbranched alkanes of at least 4 members (excludes halogenated alkanes) is 35. The minimum absolute atomic E-state index is 0.0944. The summed E-state index contributed by atoms with van der Waals surface area (Å²) in [5.74, 6) is -0.933. The summed E-state index contributed by atoms with van der Waals surface area (Å²) in [6.07, 6.45) is 96.9. The van der Waals surface area contributed by atoms with Gasteiger partial charge in [0, 0.05) is 19.3 Å². The van der Waals surface area contributed by atoms with Crippen LogP contribution in [-0.2, 0) is 28.6 Å². The van der Waals surface area contributed by atoms with Crippen molar-refractivity contribution in [3.8, 4) is 0 Å². The summed E-state index contributed by atoms with van der Waals surface area (Å²) >= 11 is 0. The molecule has 0 amide bonds. The van der Waals surface area contributed by atoms with Crippen molar-refractivity contribution in [1.82, 2.24) is 0 Å². The molecule has 0 aromatic heterocycles. The highest BCUT2D eigenvalue weighted by molar-refractivity contribution is 5.71. The minimum Gasteiger partial charge on any atom is -0.462 e. The molecule has 0 aromatic rings. The fraction of sp³-hybridized carbons (Fsp3) is 0.727. The third-order valence-corrected chi connectivity index (χ3v) is 15.3. The lowest BCUT2D eigenvalue weighted by atomic mass is 10.0. The Bertz CT molecular complexity index is 1660. The Balaban J connectivity index is 4.39. The molecular weight excluding hydrogens is 1020 g/mol. The summed E-state index contributed by atoms with van der Waals surface area (Å²) in [5.41, 5.74) is 0. The molecule has 0 heterocycles. The fourth-order valence-corrected chi connectivity index (χ4v) is 9.99. The molecule has 0 rings (SSSR count). The maximum absolute atomic E-state index is 13.0. The van der Waals surface area contributed by atoms with Gasteiger partial charge in [-0.15, -0.1) is 0 Å². The van der Waals surface area contributed by atoms with Gasteiger partial charge >= 0.3 is 17.9 Å². The maximum atomic E-state index is 13.0. The van der Waals surface area contributed by atoms with Crippen LogP contribution in [0.3, 0.4) is 0 Å². The first kappa shape index (κ1) is 79.1. The second-order valence-corrected chi connectivity index (χ2v) is 23.4. The van der Waals surface area contributed by atoms with E-state index in [1.165, 1.54) is 186 Å². The SMILES string of the molecule is CC/C=C\C/C=C\C/C=C\C/C=C\C/C=C\C/C=C\C/C=C\C/C=C\CCCCC(=O)OCC(COC(=O)CCCCCCC/C=C\CCCCCCC)OC(=O)CCCCCCCCCCCCCCCCCCCCCCCCCC. The molecule has 0 N–H and O–H groups in total. The largest absolute Gasteiger partial charge is 0.462 e. The van der Waals surface area contributed by atoms with Crippen LogP contribution in [-0.4, -0.2) is 37.2 Å². The van der Waals surface area contributed by atoms with Crippen molar-refractivity contribution in [2.45, 2.75) is 348 Å². The monoisotopic (exact) mass is 1150 g/mol. The lowest BCUT2D eigenvalue weighted by Gasteiger charge is -2.18. The van der Waals surface area contributed by atoms with Crippen molar-refractivity contribution in [2.24, 2.45) is 0 Å². The first-order valence-corrected chi connectivity index (χ1v) is 35.4. The smallest absolute Gasteiger partial charge is 0.306 e. The Hall–Kier alpha value is -3.93.